The SMILES string of the molecule is O=C1/C(=N\O)c2ccccc2-c2ccccc21.O=C1/C(=N\O)c2ccccc2-c2ccccc21.[Co+2]. The van der Waals surface area contributed by atoms with Crippen LogP contribution in [0.4, 0.5) is 0 Å². The number of rotatable bonds is 0. The number of benzene rings is 4. The molecule has 35 heavy (non-hydrogen) atoms. The minimum absolute atomic E-state index is 0. The third-order valence-corrected chi connectivity index (χ3v) is 5.92. The van der Waals surface area contributed by atoms with Crippen molar-refractivity contribution in [1.29, 1.82) is 0 Å². The molecule has 7 heteroatoms. The Balaban J connectivity index is 0.000000160. The maximum absolute atomic E-state index is 12.1. The summed E-state index contributed by atoms with van der Waals surface area (Å²) in [7, 11) is 0. The van der Waals surface area contributed by atoms with Gasteiger partial charge < -0.3 is 10.4 Å². The first-order valence-corrected chi connectivity index (χ1v) is 10.6. The fourth-order valence-electron chi connectivity index (χ4n) is 4.38. The molecule has 0 aliphatic heterocycles. The zero-order chi connectivity index (χ0) is 23.7. The van der Waals surface area contributed by atoms with E-state index in [4.69, 9.17) is 10.4 Å². The van der Waals surface area contributed by atoms with E-state index in [1.165, 1.54) is 0 Å². The van der Waals surface area contributed by atoms with Gasteiger partial charge in [-0.15, -0.1) is 0 Å². The molecule has 0 amide bonds. The standard InChI is InChI=1S/2C14H9NO2.Co/c2*16-14-12-8-4-2-6-10(12)9-5-1-3-7-11(9)13(14)15-17;/h2*1-8,17H;/q;;+2/b2*15-13-;. The van der Waals surface area contributed by atoms with Gasteiger partial charge in [-0.1, -0.05) is 107 Å². The summed E-state index contributed by atoms with van der Waals surface area (Å²) in [5.74, 6) is -0.469. The largest absolute Gasteiger partial charge is 2.00 e. The van der Waals surface area contributed by atoms with E-state index in [9.17, 15) is 9.59 Å². The quantitative estimate of drug-likeness (QED) is 0.245. The van der Waals surface area contributed by atoms with Crippen LogP contribution in [0.5, 0.6) is 0 Å². The van der Waals surface area contributed by atoms with Crippen LogP contribution in [-0.2, 0) is 16.8 Å². The minimum atomic E-state index is -0.234. The summed E-state index contributed by atoms with van der Waals surface area (Å²) < 4.78 is 0. The Hall–Kier alpha value is -4.33. The number of oxime groups is 2. The van der Waals surface area contributed by atoms with Crippen molar-refractivity contribution in [2.75, 3.05) is 0 Å². The number of nitrogens with zero attached hydrogens (tertiary/aromatic N) is 2. The van der Waals surface area contributed by atoms with Crippen LogP contribution >= 0.6 is 0 Å². The van der Waals surface area contributed by atoms with E-state index in [1.54, 1.807) is 36.4 Å². The summed E-state index contributed by atoms with van der Waals surface area (Å²) in [5, 5.41) is 24.3. The predicted molar refractivity (Wildman–Crippen MR) is 129 cm³/mol. The molecule has 4 aromatic rings. The Labute approximate surface area is 211 Å². The maximum Gasteiger partial charge on any atom is 2.00 e. The van der Waals surface area contributed by atoms with Crippen LogP contribution in [0.15, 0.2) is 107 Å². The zero-order valence-electron chi connectivity index (χ0n) is 18.2. The van der Waals surface area contributed by atoms with Crippen molar-refractivity contribution in [2.24, 2.45) is 10.3 Å². The molecule has 0 aromatic heterocycles. The molecule has 0 unspecified atom stereocenters. The molecule has 1 radical (unpaired) electrons. The Morgan fingerprint density at radius 3 is 0.914 bits per heavy atom. The number of hydrogen-bond acceptors (Lipinski definition) is 6. The molecular weight excluding hydrogens is 487 g/mol. The third kappa shape index (κ3) is 3.97. The molecule has 0 saturated carbocycles. The summed E-state index contributed by atoms with van der Waals surface area (Å²) in [4.78, 5) is 24.2. The van der Waals surface area contributed by atoms with Gasteiger partial charge in [0.2, 0.25) is 11.6 Å². The van der Waals surface area contributed by atoms with Gasteiger partial charge in [0.15, 0.2) is 11.4 Å². The topological polar surface area (TPSA) is 99.3 Å². The third-order valence-electron chi connectivity index (χ3n) is 5.92. The van der Waals surface area contributed by atoms with E-state index in [1.807, 2.05) is 60.7 Å². The molecule has 2 N–H and O–H groups in total. The number of ketones is 2. The van der Waals surface area contributed by atoms with Crippen molar-refractivity contribution in [1.82, 2.24) is 0 Å². The first-order chi connectivity index (χ1) is 16.7. The van der Waals surface area contributed by atoms with E-state index in [2.05, 4.69) is 10.3 Å². The molecular formula is C28H18CoN2O4+2. The number of hydrogen-bond donors (Lipinski definition) is 2. The number of fused-ring (bicyclic) bond motifs is 6. The number of carbonyl (C=O) groups excluding carboxylic acids is 2. The van der Waals surface area contributed by atoms with Crippen LogP contribution in [0.2, 0.25) is 0 Å². The van der Waals surface area contributed by atoms with Crippen LogP contribution in [-0.4, -0.2) is 33.4 Å². The molecule has 0 atom stereocenters. The summed E-state index contributed by atoms with van der Waals surface area (Å²) in [6.45, 7) is 0. The minimum Gasteiger partial charge on any atom is -0.410 e. The fraction of sp³-hybridized carbons (Fsp3) is 0. The summed E-state index contributed by atoms with van der Waals surface area (Å²) >= 11 is 0. The summed E-state index contributed by atoms with van der Waals surface area (Å²) in [6, 6.07) is 29.6. The van der Waals surface area contributed by atoms with Gasteiger partial charge in [0, 0.05) is 22.3 Å². The Morgan fingerprint density at radius 1 is 0.400 bits per heavy atom. The van der Waals surface area contributed by atoms with Crippen LogP contribution in [0.3, 0.4) is 0 Å². The van der Waals surface area contributed by atoms with Gasteiger partial charge in [0.25, 0.3) is 0 Å². The van der Waals surface area contributed by atoms with Crippen molar-refractivity contribution in [3.63, 3.8) is 0 Å². The Kier molecular flexibility index (Phi) is 6.72. The van der Waals surface area contributed by atoms with Crippen molar-refractivity contribution < 1.29 is 36.8 Å². The van der Waals surface area contributed by atoms with E-state index in [0.717, 1.165) is 22.3 Å². The second-order valence-electron chi connectivity index (χ2n) is 7.74. The normalized spacial score (nSPS) is 15.1. The fourth-order valence-corrected chi connectivity index (χ4v) is 4.38. The summed E-state index contributed by atoms with van der Waals surface area (Å²) in [5.41, 5.74) is 6.38. The molecule has 2 aliphatic rings. The van der Waals surface area contributed by atoms with Gasteiger partial charge in [0.1, 0.15) is 0 Å². The second kappa shape index (κ2) is 9.88. The van der Waals surface area contributed by atoms with Crippen molar-refractivity contribution in [3.05, 3.63) is 119 Å². The molecule has 0 fully saturated rings. The maximum atomic E-state index is 12.1. The molecule has 6 nitrogen and oxygen atoms in total. The molecule has 0 saturated heterocycles. The van der Waals surface area contributed by atoms with Crippen LogP contribution in [0.25, 0.3) is 22.3 Å². The van der Waals surface area contributed by atoms with Gasteiger partial charge in [-0.25, -0.2) is 0 Å². The molecule has 2 aliphatic carbocycles. The molecule has 171 valence electrons. The van der Waals surface area contributed by atoms with Gasteiger partial charge >= 0.3 is 16.8 Å². The average molecular weight is 505 g/mol. The van der Waals surface area contributed by atoms with E-state index < -0.39 is 0 Å². The predicted octanol–water partition coefficient (Wildman–Crippen LogP) is 5.45. The monoisotopic (exact) mass is 505 g/mol. The van der Waals surface area contributed by atoms with Gasteiger partial charge in [-0.05, 0) is 22.3 Å². The van der Waals surface area contributed by atoms with Crippen LogP contribution in [0.1, 0.15) is 31.8 Å². The average Bonchev–Trinajstić information content (AvgIpc) is 2.90. The van der Waals surface area contributed by atoms with Crippen molar-refractivity contribution in [2.45, 2.75) is 0 Å². The second-order valence-corrected chi connectivity index (χ2v) is 7.74. The Morgan fingerprint density at radius 2 is 0.629 bits per heavy atom. The summed E-state index contributed by atoms with van der Waals surface area (Å²) in [6.07, 6.45) is 0. The van der Waals surface area contributed by atoms with Crippen molar-refractivity contribution in [3.8, 4) is 22.3 Å². The molecule has 0 bridgehead atoms. The van der Waals surface area contributed by atoms with Gasteiger partial charge in [-0.2, -0.15) is 0 Å². The van der Waals surface area contributed by atoms with Gasteiger partial charge in [-0.3, -0.25) is 9.59 Å². The molecule has 6 rings (SSSR count). The van der Waals surface area contributed by atoms with E-state index in [-0.39, 0.29) is 39.8 Å². The molecule has 0 spiro atoms. The smallest absolute Gasteiger partial charge is 0.410 e. The van der Waals surface area contributed by atoms with Gasteiger partial charge in [0.05, 0.1) is 0 Å². The van der Waals surface area contributed by atoms with E-state index >= 15 is 0 Å². The number of carbonyl (C=O) groups is 2. The zero-order valence-corrected chi connectivity index (χ0v) is 19.2. The first kappa shape index (κ1) is 23.8. The molecule has 4 aromatic carbocycles. The Bertz CT molecular complexity index is 1410. The molecule has 0 heterocycles. The van der Waals surface area contributed by atoms with E-state index in [0.29, 0.717) is 22.3 Å². The first-order valence-electron chi connectivity index (χ1n) is 10.6. The van der Waals surface area contributed by atoms with Crippen molar-refractivity contribution >= 4 is 23.0 Å². The van der Waals surface area contributed by atoms with Crippen LogP contribution in [0, 0.1) is 0 Å². The number of Topliss-reactive ketones (excluding diaryl/α,β-unsaturated/α-hetero) is 2. The van der Waals surface area contributed by atoms with Crippen LogP contribution < -0.4 is 0 Å².